The number of aromatic amines is 2. The van der Waals surface area contributed by atoms with Crippen LogP contribution in [0.15, 0.2) is 24.3 Å². The average Bonchev–Trinajstić information content (AvgIpc) is 3.39. The molecular weight excluding hydrogens is 402 g/mol. The summed E-state index contributed by atoms with van der Waals surface area (Å²) in [6.07, 6.45) is 5.08. The highest BCUT2D eigenvalue weighted by atomic mass is 16.2. The summed E-state index contributed by atoms with van der Waals surface area (Å²) in [6.45, 7) is 4.70. The molecule has 1 aromatic carbocycles. The third-order valence-electron chi connectivity index (χ3n) is 6.96. The zero-order valence-corrected chi connectivity index (χ0v) is 19.3. The van der Waals surface area contributed by atoms with Crippen LogP contribution in [0.2, 0.25) is 0 Å². The molecule has 0 bridgehead atoms. The summed E-state index contributed by atoms with van der Waals surface area (Å²) in [5.74, 6) is 0.0872. The van der Waals surface area contributed by atoms with Crippen LogP contribution in [0.3, 0.4) is 0 Å². The van der Waals surface area contributed by atoms with Gasteiger partial charge < -0.3 is 14.8 Å². The molecule has 3 aromatic rings. The molecule has 2 aromatic heterocycles. The first-order valence-electron chi connectivity index (χ1n) is 11.4. The van der Waals surface area contributed by atoms with Crippen LogP contribution in [0.1, 0.15) is 44.4 Å². The number of nitrogens with one attached hydrogen (secondary N) is 2. The fourth-order valence-corrected chi connectivity index (χ4v) is 4.69. The van der Waals surface area contributed by atoms with E-state index >= 15 is 0 Å². The summed E-state index contributed by atoms with van der Waals surface area (Å²) < 4.78 is 0. The molecule has 7 nitrogen and oxygen atoms in total. The number of amides is 2. The number of nitrogens with zero attached hydrogens (tertiary/aromatic N) is 3. The Balaban J connectivity index is 1.36. The van der Waals surface area contributed by atoms with Crippen molar-refractivity contribution in [3.63, 3.8) is 0 Å². The Kier molecular flexibility index (Phi) is 4.87. The molecule has 1 saturated carbocycles. The predicted molar refractivity (Wildman–Crippen MR) is 125 cm³/mol. The lowest BCUT2D eigenvalue weighted by Crippen LogP contribution is -2.40. The van der Waals surface area contributed by atoms with E-state index in [1.165, 1.54) is 11.3 Å². The Labute approximate surface area is 188 Å². The molecule has 2 aliphatic rings. The van der Waals surface area contributed by atoms with Gasteiger partial charge in [-0.25, -0.2) is 0 Å². The van der Waals surface area contributed by atoms with Crippen LogP contribution >= 0.6 is 0 Å². The van der Waals surface area contributed by atoms with Gasteiger partial charge in [0, 0.05) is 47.9 Å². The van der Waals surface area contributed by atoms with E-state index in [1.807, 2.05) is 18.2 Å². The summed E-state index contributed by atoms with van der Waals surface area (Å²) >= 11 is 0. The average molecular weight is 434 g/mol. The largest absolute Gasteiger partial charge is 0.353 e. The maximum absolute atomic E-state index is 12.8. The second kappa shape index (κ2) is 7.50. The van der Waals surface area contributed by atoms with Gasteiger partial charge in [0.25, 0.3) is 0 Å². The number of rotatable bonds is 5. The van der Waals surface area contributed by atoms with Crippen molar-refractivity contribution in [1.29, 1.82) is 0 Å². The van der Waals surface area contributed by atoms with E-state index in [9.17, 15) is 9.59 Å². The fraction of sp³-hybridized carbons (Fsp3) is 0.480. The van der Waals surface area contributed by atoms with Crippen LogP contribution in [0, 0.1) is 11.3 Å². The van der Waals surface area contributed by atoms with Crippen molar-refractivity contribution in [3.05, 3.63) is 35.5 Å². The molecule has 2 N–H and O–H groups in total. The number of carbonyl (C=O) groups excluding carboxylic acids is 2. The molecule has 0 atom stereocenters. The molecule has 0 aliphatic heterocycles. The van der Waals surface area contributed by atoms with Crippen LogP contribution in [-0.4, -0.2) is 52.5 Å². The van der Waals surface area contributed by atoms with E-state index in [4.69, 9.17) is 0 Å². The van der Waals surface area contributed by atoms with Crippen molar-refractivity contribution >= 4 is 28.4 Å². The molecule has 1 fully saturated rings. The molecule has 0 saturated heterocycles. The number of carbonyl (C=O) groups is 2. The molecule has 7 heteroatoms. The number of hydrogen-bond acceptors (Lipinski definition) is 3. The van der Waals surface area contributed by atoms with E-state index in [0.717, 1.165) is 60.1 Å². The molecule has 168 valence electrons. The molecule has 5 rings (SSSR count). The molecule has 0 unspecified atom stereocenters. The number of H-pyrrole nitrogens is 2. The lowest BCUT2D eigenvalue weighted by atomic mass is 9.76. The first-order chi connectivity index (χ1) is 15.2. The number of fused-ring (bicyclic) bond motifs is 2. The van der Waals surface area contributed by atoms with Gasteiger partial charge in [-0.1, -0.05) is 19.9 Å². The molecule has 2 heterocycles. The van der Waals surface area contributed by atoms with Crippen molar-refractivity contribution < 1.29 is 9.59 Å². The minimum Gasteiger partial charge on any atom is -0.353 e. The van der Waals surface area contributed by atoms with Crippen molar-refractivity contribution in [1.82, 2.24) is 20.1 Å². The Morgan fingerprint density at radius 3 is 2.72 bits per heavy atom. The van der Waals surface area contributed by atoms with Crippen LogP contribution < -0.4 is 4.90 Å². The van der Waals surface area contributed by atoms with Crippen LogP contribution in [0.5, 0.6) is 0 Å². The van der Waals surface area contributed by atoms with Gasteiger partial charge in [0.2, 0.25) is 11.8 Å². The van der Waals surface area contributed by atoms with Crippen LogP contribution in [0.25, 0.3) is 22.3 Å². The number of aromatic nitrogens is 3. The number of anilines is 1. The maximum atomic E-state index is 12.8. The molecule has 0 radical (unpaired) electrons. The van der Waals surface area contributed by atoms with Gasteiger partial charge >= 0.3 is 0 Å². The highest BCUT2D eigenvalue weighted by molar-refractivity contribution is 5.98. The zero-order chi connectivity index (χ0) is 22.6. The maximum Gasteiger partial charge on any atom is 0.246 e. The lowest BCUT2D eigenvalue weighted by Gasteiger charge is -2.28. The minimum absolute atomic E-state index is 0.0712. The van der Waals surface area contributed by atoms with Gasteiger partial charge in [0.15, 0.2) is 0 Å². The fourth-order valence-electron chi connectivity index (χ4n) is 4.69. The van der Waals surface area contributed by atoms with Crippen molar-refractivity contribution in [2.45, 2.75) is 46.0 Å². The van der Waals surface area contributed by atoms with Gasteiger partial charge in [-0.15, -0.1) is 0 Å². The van der Waals surface area contributed by atoms with Crippen molar-refractivity contribution in [3.8, 4) is 11.4 Å². The summed E-state index contributed by atoms with van der Waals surface area (Å²) in [7, 11) is 3.47. The predicted octanol–water partition coefficient (Wildman–Crippen LogP) is 3.90. The SMILES string of the molecule is CN(CC(=O)N(C)c1ccc2cc(-c3n[nH]c4c3CCC(C)(C)C4)[nH]c2c1)C(=O)C1CC1. The van der Waals surface area contributed by atoms with E-state index in [2.05, 4.69) is 35.1 Å². The normalized spacial score (nSPS) is 17.2. The molecule has 32 heavy (non-hydrogen) atoms. The number of likely N-dealkylation sites (N-methyl/N-ethyl adjacent to an activating group) is 2. The summed E-state index contributed by atoms with van der Waals surface area (Å²) in [5, 5.41) is 8.96. The number of hydrogen-bond donors (Lipinski definition) is 2. The smallest absolute Gasteiger partial charge is 0.246 e. The Bertz CT molecular complexity index is 1200. The summed E-state index contributed by atoms with van der Waals surface area (Å²) in [4.78, 5) is 31.6. The molecule has 0 spiro atoms. The van der Waals surface area contributed by atoms with Gasteiger partial charge in [-0.05, 0) is 55.7 Å². The van der Waals surface area contributed by atoms with Gasteiger partial charge in [0.1, 0.15) is 5.69 Å². The van der Waals surface area contributed by atoms with Crippen LogP contribution in [0.4, 0.5) is 5.69 Å². The molecule has 2 aliphatic carbocycles. The summed E-state index contributed by atoms with van der Waals surface area (Å²) in [6, 6.07) is 8.08. The second-order valence-electron chi connectivity index (χ2n) is 10.2. The van der Waals surface area contributed by atoms with Gasteiger partial charge in [-0.3, -0.25) is 14.7 Å². The topological polar surface area (TPSA) is 85.1 Å². The van der Waals surface area contributed by atoms with Gasteiger partial charge in [0.05, 0.1) is 12.2 Å². The van der Waals surface area contributed by atoms with E-state index < -0.39 is 0 Å². The third-order valence-corrected chi connectivity index (χ3v) is 6.96. The second-order valence-corrected chi connectivity index (χ2v) is 10.2. The molecule has 2 amide bonds. The first kappa shape index (κ1) is 20.8. The third kappa shape index (κ3) is 3.80. The van der Waals surface area contributed by atoms with Gasteiger partial charge in [-0.2, -0.15) is 5.10 Å². The summed E-state index contributed by atoms with van der Waals surface area (Å²) in [5.41, 5.74) is 6.62. The number of benzene rings is 1. The Morgan fingerprint density at radius 1 is 1.19 bits per heavy atom. The highest BCUT2D eigenvalue weighted by Crippen LogP contribution is 2.38. The van der Waals surface area contributed by atoms with Crippen LogP contribution in [-0.2, 0) is 22.4 Å². The molecular formula is C25H31N5O2. The Morgan fingerprint density at radius 2 is 1.97 bits per heavy atom. The van der Waals surface area contributed by atoms with E-state index in [1.54, 1.807) is 23.9 Å². The quantitative estimate of drug-likeness (QED) is 0.640. The van der Waals surface area contributed by atoms with Crippen molar-refractivity contribution in [2.75, 3.05) is 25.5 Å². The first-order valence-corrected chi connectivity index (χ1v) is 11.4. The Hall–Kier alpha value is -3.09. The standard InChI is InChI=1S/C25H31N5O2/c1-25(2)10-9-18-21(13-25)27-28-23(18)20-11-16-7-8-17(12-19(16)26-20)30(4)22(31)14-29(3)24(32)15-5-6-15/h7-8,11-12,15,26H,5-6,9-10,13-14H2,1-4H3,(H,27,28). The lowest BCUT2D eigenvalue weighted by molar-refractivity contribution is -0.134. The van der Waals surface area contributed by atoms with E-state index in [-0.39, 0.29) is 24.3 Å². The minimum atomic E-state index is -0.100. The zero-order valence-electron chi connectivity index (χ0n) is 19.3. The monoisotopic (exact) mass is 433 g/mol. The van der Waals surface area contributed by atoms with E-state index in [0.29, 0.717) is 5.41 Å². The van der Waals surface area contributed by atoms with Crippen molar-refractivity contribution in [2.24, 2.45) is 11.3 Å². The highest BCUT2D eigenvalue weighted by Gasteiger charge is 2.33.